The first-order valence-electron chi connectivity index (χ1n) is 9.79. The summed E-state index contributed by atoms with van der Waals surface area (Å²) in [6.07, 6.45) is 7.73. The Balaban J connectivity index is 1.79. The minimum absolute atomic E-state index is 0.534. The molecule has 1 atom stereocenters. The van der Waals surface area contributed by atoms with Gasteiger partial charge in [0.05, 0.1) is 23.9 Å². The van der Waals surface area contributed by atoms with E-state index in [0.29, 0.717) is 6.04 Å². The molecule has 1 fully saturated rings. The molecule has 1 aliphatic rings. The third-order valence-corrected chi connectivity index (χ3v) is 5.69. The van der Waals surface area contributed by atoms with Gasteiger partial charge in [0.25, 0.3) is 0 Å². The van der Waals surface area contributed by atoms with Crippen LogP contribution in [0.4, 0.5) is 0 Å². The van der Waals surface area contributed by atoms with Crippen molar-refractivity contribution in [2.75, 3.05) is 13.1 Å². The smallest absolute Gasteiger partial charge is 0.0951 e. The fourth-order valence-corrected chi connectivity index (χ4v) is 4.04. The first kappa shape index (κ1) is 18.2. The van der Waals surface area contributed by atoms with Crippen LogP contribution in [0.15, 0.2) is 12.5 Å². The van der Waals surface area contributed by atoms with Crippen molar-refractivity contribution in [1.29, 1.82) is 0 Å². The summed E-state index contributed by atoms with van der Waals surface area (Å²) in [5.41, 5.74) is 4.81. The summed E-state index contributed by atoms with van der Waals surface area (Å²) in [7, 11) is 0. The van der Waals surface area contributed by atoms with E-state index < -0.39 is 0 Å². The molecule has 3 rings (SSSR count). The highest BCUT2D eigenvalue weighted by molar-refractivity contribution is 5.64. The Morgan fingerprint density at radius 3 is 2.64 bits per heavy atom. The second-order valence-electron chi connectivity index (χ2n) is 7.77. The number of piperidine rings is 1. The average molecular weight is 344 g/mol. The van der Waals surface area contributed by atoms with Gasteiger partial charge < -0.3 is 4.57 Å². The maximum atomic E-state index is 4.74. The van der Waals surface area contributed by atoms with Crippen LogP contribution >= 0.6 is 0 Å². The van der Waals surface area contributed by atoms with Crippen LogP contribution in [0.25, 0.3) is 11.3 Å². The van der Waals surface area contributed by atoms with Gasteiger partial charge in [-0.15, -0.1) is 0 Å². The molecule has 25 heavy (non-hydrogen) atoms. The third-order valence-electron chi connectivity index (χ3n) is 5.69. The van der Waals surface area contributed by atoms with Gasteiger partial charge in [-0.2, -0.15) is 5.10 Å². The molecule has 5 heteroatoms. The molecular formula is C20H33N5. The van der Waals surface area contributed by atoms with E-state index in [4.69, 9.17) is 5.10 Å². The molecule has 5 nitrogen and oxygen atoms in total. The van der Waals surface area contributed by atoms with Crippen LogP contribution in [0.5, 0.6) is 0 Å². The average Bonchev–Trinajstić information content (AvgIpc) is 3.13. The lowest BCUT2D eigenvalue weighted by Crippen LogP contribution is -2.41. The van der Waals surface area contributed by atoms with Gasteiger partial charge in [-0.1, -0.05) is 13.8 Å². The number of aryl methyl sites for hydroxylation is 2. The highest BCUT2D eigenvalue weighted by Gasteiger charge is 2.22. The van der Waals surface area contributed by atoms with Gasteiger partial charge in [0.2, 0.25) is 0 Å². The zero-order chi connectivity index (χ0) is 18.0. The fraction of sp³-hybridized carbons (Fsp3) is 0.700. The van der Waals surface area contributed by atoms with E-state index in [0.717, 1.165) is 31.1 Å². The molecule has 0 amide bonds. The predicted octanol–water partition coefficient (Wildman–Crippen LogP) is 3.89. The maximum Gasteiger partial charge on any atom is 0.0951 e. The van der Waals surface area contributed by atoms with E-state index in [1.807, 2.05) is 12.5 Å². The molecule has 138 valence electrons. The van der Waals surface area contributed by atoms with Crippen LogP contribution in [0.3, 0.4) is 0 Å². The summed E-state index contributed by atoms with van der Waals surface area (Å²) in [4.78, 5) is 7.08. The third kappa shape index (κ3) is 3.81. The van der Waals surface area contributed by atoms with Crippen LogP contribution in [-0.4, -0.2) is 43.4 Å². The minimum Gasteiger partial charge on any atom is -0.329 e. The van der Waals surface area contributed by atoms with Crippen molar-refractivity contribution < 1.29 is 0 Å². The Morgan fingerprint density at radius 1 is 1.24 bits per heavy atom. The molecule has 0 N–H and O–H groups in total. The van der Waals surface area contributed by atoms with Crippen molar-refractivity contribution in [2.45, 2.75) is 73.0 Å². The van der Waals surface area contributed by atoms with Crippen molar-refractivity contribution in [3.63, 3.8) is 0 Å². The fourth-order valence-electron chi connectivity index (χ4n) is 4.04. The zero-order valence-corrected chi connectivity index (χ0v) is 16.5. The zero-order valence-electron chi connectivity index (χ0n) is 16.5. The Hall–Kier alpha value is -1.62. The van der Waals surface area contributed by atoms with Gasteiger partial charge in [-0.3, -0.25) is 9.58 Å². The first-order chi connectivity index (χ1) is 12.0. The summed E-state index contributed by atoms with van der Waals surface area (Å²) >= 11 is 0. The summed E-state index contributed by atoms with van der Waals surface area (Å²) < 4.78 is 4.45. The molecule has 0 radical (unpaired) electrons. The van der Waals surface area contributed by atoms with Crippen molar-refractivity contribution in [2.24, 2.45) is 5.92 Å². The number of hydrogen-bond donors (Lipinski definition) is 0. The predicted molar refractivity (Wildman–Crippen MR) is 103 cm³/mol. The van der Waals surface area contributed by atoms with Crippen LogP contribution in [-0.2, 0) is 13.1 Å². The molecule has 1 aliphatic heterocycles. The van der Waals surface area contributed by atoms with Crippen LogP contribution in [0.2, 0.25) is 0 Å². The number of nitrogens with zero attached hydrogens (tertiary/aromatic N) is 5. The second kappa shape index (κ2) is 7.73. The van der Waals surface area contributed by atoms with Crippen LogP contribution < -0.4 is 0 Å². The molecule has 2 aromatic heterocycles. The van der Waals surface area contributed by atoms with E-state index in [9.17, 15) is 0 Å². The Labute approximate surface area is 152 Å². The molecule has 2 aromatic rings. The van der Waals surface area contributed by atoms with E-state index in [1.165, 1.54) is 42.9 Å². The highest BCUT2D eigenvalue weighted by Crippen LogP contribution is 2.28. The lowest BCUT2D eigenvalue weighted by atomic mass is 9.98. The molecule has 0 saturated carbocycles. The quantitative estimate of drug-likeness (QED) is 0.798. The van der Waals surface area contributed by atoms with Gasteiger partial charge in [-0.05, 0) is 59.0 Å². The number of likely N-dealkylation sites (tertiary alicyclic amines) is 1. The molecular weight excluding hydrogens is 310 g/mol. The van der Waals surface area contributed by atoms with Crippen LogP contribution in [0, 0.1) is 19.8 Å². The monoisotopic (exact) mass is 343 g/mol. The molecule has 1 saturated heterocycles. The lowest BCUT2D eigenvalue weighted by molar-refractivity contribution is 0.135. The van der Waals surface area contributed by atoms with Crippen LogP contribution in [0.1, 0.15) is 51.4 Å². The Morgan fingerprint density at radius 2 is 1.96 bits per heavy atom. The van der Waals surface area contributed by atoms with Gasteiger partial charge in [0.1, 0.15) is 0 Å². The van der Waals surface area contributed by atoms with Gasteiger partial charge >= 0.3 is 0 Å². The highest BCUT2D eigenvalue weighted by atomic mass is 15.3. The van der Waals surface area contributed by atoms with E-state index >= 15 is 0 Å². The molecule has 0 aromatic carbocycles. The van der Waals surface area contributed by atoms with Gasteiger partial charge in [-0.25, -0.2) is 4.98 Å². The summed E-state index contributed by atoms with van der Waals surface area (Å²) in [5, 5.41) is 4.74. The van der Waals surface area contributed by atoms with E-state index in [1.54, 1.807) is 0 Å². The molecule has 0 unspecified atom stereocenters. The number of rotatable bonds is 6. The Bertz CT molecular complexity index is 691. The second-order valence-corrected chi connectivity index (χ2v) is 7.77. The SMILES string of the molecule is CCCn1nc(C)c(-c2cncn2C[C@H](C)N2CCC(C)CC2)c1C. The largest absolute Gasteiger partial charge is 0.329 e. The van der Waals surface area contributed by atoms with Crippen molar-refractivity contribution in [1.82, 2.24) is 24.2 Å². The topological polar surface area (TPSA) is 38.9 Å². The normalized spacial score (nSPS) is 18.0. The van der Waals surface area contributed by atoms with Gasteiger partial charge in [0, 0.05) is 30.4 Å². The van der Waals surface area contributed by atoms with E-state index in [2.05, 4.69) is 53.8 Å². The molecule has 0 bridgehead atoms. The summed E-state index contributed by atoms with van der Waals surface area (Å²) in [6.45, 7) is 15.6. The lowest BCUT2D eigenvalue weighted by Gasteiger charge is -2.35. The maximum absolute atomic E-state index is 4.74. The number of imidazole rings is 1. The number of hydrogen-bond acceptors (Lipinski definition) is 3. The van der Waals surface area contributed by atoms with Gasteiger partial charge in [0.15, 0.2) is 0 Å². The van der Waals surface area contributed by atoms with E-state index in [-0.39, 0.29) is 0 Å². The molecule has 0 spiro atoms. The molecule has 0 aliphatic carbocycles. The minimum atomic E-state index is 0.534. The van der Waals surface area contributed by atoms with Crippen molar-refractivity contribution in [3.05, 3.63) is 23.9 Å². The van der Waals surface area contributed by atoms with Crippen molar-refractivity contribution in [3.8, 4) is 11.3 Å². The van der Waals surface area contributed by atoms with Crippen molar-refractivity contribution >= 4 is 0 Å². The standard InChI is InChI=1S/C20H33N5/c1-6-9-25-18(5)20(17(4)22-25)19-12-21-14-24(19)13-16(3)23-10-7-15(2)8-11-23/h12,14-16H,6-11,13H2,1-5H3/t16-/m0/s1. The Kier molecular flexibility index (Phi) is 5.62. The summed E-state index contributed by atoms with van der Waals surface area (Å²) in [6, 6.07) is 0.534. The first-order valence-corrected chi connectivity index (χ1v) is 9.79. The number of aromatic nitrogens is 4. The summed E-state index contributed by atoms with van der Waals surface area (Å²) in [5.74, 6) is 0.877. The molecule has 3 heterocycles.